The molecule has 8 heteroatoms. The number of hydrogen-bond donors (Lipinski definition) is 1. The van der Waals surface area contributed by atoms with Crippen LogP contribution in [0.2, 0.25) is 0 Å². The fraction of sp³-hybridized carbons (Fsp3) is 0.538. The van der Waals surface area contributed by atoms with E-state index < -0.39 is 22.2 Å². The molecule has 1 saturated heterocycles. The lowest BCUT2D eigenvalue weighted by molar-refractivity contribution is -0.386. The predicted molar refractivity (Wildman–Crippen MR) is 75.6 cm³/mol. The molecule has 2 rings (SSSR count). The maximum absolute atomic E-state index is 13.6. The van der Waals surface area contributed by atoms with Crippen LogP contribution in [0.5, 0.6) is 0 Å². The van der Waals surface area contributed by atoms with Crippen molar-refractivity contribution in [2.75, 3.05) is 51.2 Å². The third-order valence-corrected chi connectivity index (χ3v) is 3.56. The first kappa shape index (κ1) is 15.6. The number of benzene rings is 1. The van der Waals surface area contributed by atoms with Crippen molar-refractivity contribution >= 4 is 11.4 Å². The molecular formula is C13H18F2N4O2. The number of nitrogens with zero attached hydrogens (tertiary/aromatic N) is 3. The summed E-state index contributed by atoms with van der Waals surface area (Å²) in [6, 6.07) is 1.53. The zero-order valence-corrected chi connectivity index (χ0v) is 11.8. The van der Waals surface area contributed by atoms with Crippen LogP contribution in [0.4, 0.5) is 20.2 Å². The van der Waals surface area contributed by atoms with Crippen molar-refractivity contribution in [3.63, 3.8) is 0 Å². The highest BCUT2D eigenvalue weighted by Gasteiger charge is 2.24. The summed E-state index contributed by atoms with van der Waals surface area (Å²) in [6.07, 6.45) is 0. The molecule has 0 aliphatic carbocycles. The van der Waals surface area contributed by atoms with Crippen molar-refractivity contribution in [3.8, 4) is 0 Å². The van der Waals surface area contributed by atoms with Crippen LogP contribution in [0.15, 0.2) is 12.1 Å². The first-order valence-electron chi connectivity index (χ1n) is 6.76. The Balaban J connectivity index is 2.10. The molecule has 0 atom stereocenters. The van der Waals surface area contributed by atoms with Gasteiger partial charge in [0.15, 0.2) is 0 Å². The summed E-state index contributed by atoms with van der Waals surface area (Å²) in [5.41, 5.74) is -0.716. The normalized spacial score (nSPS) is 16.0. The molecule has 1 aromatic carbocycles. The van der Waals surface area contributed by atoms with Gasteiger partial charge in [-0.05, 0) is 0 Å². The molecule has 1 heterocycles. The molecule has 0 spiro atoms. The first-order chi connectivity index (χ1) is 9.99. The van der Waals surface area contributed by atoms with Crippen LogP contribution < -0.4 is 10.2 Å². The van der Waals surface area contributed by atoms with Crippen LogP contribution in [0.25, 0.3) is 0 Å². The summed E-state index contributed by atoms with van der Waals surface area (Å²) >= 11 is 0. The van der Waals surface area contributed by atoms with Gasteiger partial charge < -0.3 is 10.2 Å². The molecule has 0 aromatic heterocycles. The predicted octanol–water partition coefficient (Wildman–Crippen LogP) is 1.21. The highest BCUT2D eigenvalue weighted by Crippen LogP contribution is 2.31. The zero-order chi connectivity index (χ0) is 15.4. The smallest absolute Gasteiger partial charge is 0.328 e. The molecule has 1 aromatic rings. The van der Waals surface area contributed by atoms with Crippen LogP contribution in [0, 0.1) is 21.7 Å². The minimum absolute atomic E-state index is 0.0346. The third-order valence-electron chi connectivity index (χ3n) is 3.56. The topological polar surface area (TPSA) is 61.6 Å². The summed E-state index contributed by atoms with van der Waals surface area (Å²) in [5.74, 6) is -1.97. The van der Waals surface area contributed by atoms with Gasteiger partial charge in [0, 0.05) is 58.4 Å². The fourth-order valence-corrected chi connectivity index (χ4v) is 2.37. The standard InChI is InChI=1S/C13H18F2N4O2/c1-17(6-7-18-4-2-16-3-5-18)12-9-10(14)8-11(15)13(12)19(20)21/h8-9,16H,2-7H2,1H3. The Morgan fingerprint density at radius 1 is 1.38 bits per heavy atom. The summed E-state index contributed by atoms with van der Waals surface area (Å²) in [6.45, 7) is 4.75. The molecule has 1 aliphatic heterocycles. The van der Waals surface area contributed by atoms with Gasteiger partial charge in [0.2, 0.25) is 5.82 Å². The minimum Gasteiger partial charge on any atom is -0.368 e. The largest absolute Gasteiger partial charge is 0.368 e. The number of anilines is 1. The second-order valence-electron chi connectivity index (χ2n) is 5.03. The lowest BCUT2D eigenvalue weighted by Gasteiger charge is -2.29. The quantitative estimate of drug-likeness (QED) is 0.654. The van der Waals surface area contributed by atoms with Gasteiger partial charge in [-0.15, -0.1) is 0 Å². The molecule has 6 nitrogen and oxygen atoms in total. The number of nitro groups is 1. The van der Waals surface area contributed by atoms with E-state index >= 15 is 0 Å². The summed E-state index contributed by atoms with van der Waals surface area (Å²) in [7, 11) is 1.60. The monoisotopic (exact) mass is 300 g/mol. The molecule has 1 N–H and O–H groups in total. The number of piperazine rings is 1. The Morgan fingerprint density at radius 2 is 2.05 bits per heavy atom. The van der Waals surface area contributed by atoms with Gasteiger partial charge in [-0.25, -0.2) is 4.39 Å². The van der Waals surface area contributed by atoms with Crippen molar-refractivity contribution in [2.24, 2.45) is 0 Å². The second-order valence-corrected chi connectivity index (χ2v) is 5.03. The summed E-state index contributed by atoms with van der Waals surface area (Å²) in [4.78, 5) is 13.9. The number of nitro benzene ring substituents is 1. The van der Waals surface area contributed by atoms with E-state index in [1.807, 2.05) is 0 Å². The van der Waals surface area contributed by atoms with E-state index in [2.05, 4.69) is 10.2 Å². The van der Waals surface area contributed by atoms with Crippen molar-refractivity contribution in [3.05, 3.63) is 33.9 Å². The highest BCUT2D eigenvalue weighted by atomic mass is 19.1. The molecule has 0 amide bonds. The Labute approximate surface area is 121 Å². The Kier molecular flexibility index (Phi) is 5.03. The van der Waals surface area contributed by atoms with Gasteiger partial charge in [-0.1, -0.05) is 0 Å². The van der Waals surface area contributed by atoms with E-state index in [1.165, 1.54) is 4.90 Å². The number of likely N-dealkylation sites (N-methyl/N-ethyl adjacent to an activating group) is 1. The molecule has 0 bridgehead atoms. The lowest BCUT2D eigenvalue weighted by atomic mass is 10.2. The maximum atomic E-state index is 13.6. The van der Waals surface area contributed by atoms with Crippen molar-refractivity contribution in [1.29, 1.82) is 0 Å². The number of halogens is 2. The van der Waals surface area contributed by atoms with E-state index in [0.29, 0.717) is 19.2 Å². The van der Waals surface area contributed by atoms with Gasteiger partial charge in [0.05, 0.1) is 4.92 Å². The van der Waals surface area contributed by atoms with Gasteiger partial charge >= 0.3 is 5.69 Å². The average Bonchev–Trinajstić information content (AvgIpc) is 2.44. The van der Waals surface area contributed by atoms with Gasteiger partial charge in [-0.2, -0.15) is 4.39 Å². The Morgan fingerprint density at radius 3 is 2.67 bits per heavy atom. The van der Waals surface area contributed by atoms with Crippen LogP contribution in [-0.4, -0.2) is 56.1 Å². The third kappa shape index (κ3) is 3.85. The fourth-order valence-electron chi connectivity index (χ4n) is 2.37. The summed E-state index contributed by atoms with van der Waals surface area (Å²) in [5, 5.41) is 14.2. The van der Waals surface area contributed by atoms with E-state index in [1.54, 1.807) is 7.05 Å². The van der Waals surface area contributed by atoms with E-state index in [0.717, 1.165) is 32.2 Å². The van der Waals surface area contributed by atoms with Gasteiger partial charge in [-0.3, -0.25) is 15.0 Å². The van der Waals surface area contributed by atoms with Gasteiger partial charge in [0.1, 0.15) is 11.5 Å². The maximum Gasteiger partial charge on any atom is 0.328 e. The van der Waals surface area contributed by atoms with Crippen molar-refractivity contribution in [1.82, 2.24) is 10.2 Å². The Bertz CT molecular complexity index is 521. The summed E-state index contributed by atoms with van der Waals surface area (Å²) < 4.78 is 26.9. The molecule has 0 unspecified atom stereocenters. The van der Waals surface area contributed by atoms with E-state index in [9.17, 15) is 18.9 Å². The molecule has 0 saturated carbocycles. The zero-order valence-electron chi connectivity index (χ0n) is 11.8. The van der Waals surface area contributed by atoms with Crippen LogP contribution >= 0.6 is 0 Å². The minimum atomic E-state index is -1.15. The Hall–Kier alpha value is -1.80. The van der Waals surface area contributed by atoms with Crippen LogP contribution in [-0.2, 0) is 0 Å². The van der Waals surface area contributed by atoms with Crippen molar-refractivity contribution < 1.29 is 13.7 Å². The van der Waals surface area contributed by atoms with Crippen molar-refractivity contribution in [2.45, 2.75) is 0 Å². The SMILES string of the molecule is CN(CCN1CCNCC1)c1cc(F)cc(F)c1[N+](=O)[O-]. The van der Waals surface area contributed by atoms with Crippen LogP contribution in [0.1, 0.15) is 0 Å². The van der Waals surface area contributed by atoms with E-state index in [-0.39, 0.29) is 5.69 Å². The lowest BCUT2D eigenvalue weighted by Crippen LogP contribution is -2.46. The highest BCUT2D eigenvalue weighted by molar-refractivity contribution is 5.63. The molecule has 1 aliphatic rings. The first-order valence-corrected chi connectivity index (χ1v) is 6.76. The number of hydrogen-bond acceptors (Lipinski definition) is 5. The van der Waals surface area contributed by atoms with Gasteiger partial charge in [0.25, 0.3) is 0 Å². The molecule has 116 valence electrons. The molecule has 21 heavy (non-hydrogen) atoms. The number of rotatable bonds is 5. The van der Waals surface area contributed by atoms with E-state index in [4.69, 9.17) is 0 Å². The van der Waals surface area contributed by atoms with Crippen LogP contribution in [0.3, 0.4) is 0 Å². The molecule has 0 radical (unpaired) electrons. The average molecular weight is 300 g/mol. The number of nitrogens with one attached hydrogen (secondary N) is 1. The second kappa shape index (κ2) is 6.77. The molecule has 1 fully saturated rings. The molecular weight excluding hydrogens is 282 g/mol.